The van der Waals surface area contributed by atoms with Crippen molar-refractivity contribution in [2.75, 3.05) is 12.8 Å². The predicted molar refractivity (Wildman–Crippen MR) is 105 cm³/mol. The zero-order chi connectivity index (χ0) is 18.8. The summed E-state index contributed by atoms with van der Waals surface area (Å²) < 4.78 is 5.56. The highest BCUT2D eigenvalue weighted by atomic mass is 16.5. The van der Waals surface area contributed by atoms with Gasteiger partial charge >= 0.3 is 0 Å². The minimum Gasteiger partial charge on any atom is -0.496 e. The first-order chi connectivity index (χ1) is 12.5. The van der Waals surface area contributed by atoms with Crippen molar-refractivity contribution in [3.63, 3.8) is 0 Å². The molecule has 0 spiro atoms. The van der Waals surface area contributed by atoms with Crippen molar-refractivity contribution >= 4 is 5.82 Å². The van der Waals surface area contributed by atoms with Gasteiger partial charge in [-0.05, 0) is 38.0 Å². The molecule has 0 unspecified atom stereocenters. The van der Waals surface area contributed by atoms with Crippen molar-refractivity contribution in [2.45, 2.75) is 20.8 Å². The molecule has 0 aliphatic heterocycles. The van der Waals surface area contributed by atoms with Gasteiger partial charge in [0, 0.05) is 22.4 Å². The molecule has 3 rings (SSSR count). The van der Waals surface area contributed by atoms with Crippen LogP contribution in [-0.4, -0.2) is 12.1 Å². The lowest BCUT2D eigenvalue weighted by atomic mass is 9.87. The minimum atomic E-state index is 0.249. The Morgan fingerprint density at radius 1 is 1.00 bits per heavy atom. The van der Waals surface area contributed by atoms with E-state index in [1.165, 1.54) is 5.56 Å². The Labute approximate surface area is 153 Å². The lowest BCUT2D eigenvalue weighted by Gasteiger charge is -2.19. The van der Waals surface area contributed by atoms with E-state index in [1.54, 1.807) is 7.11 Å². The number of nitrogens with zero attached hydrogens (tertiary/aromatic N) is 2. The minimum absolute atomic E-state index is 0.249. The van der Waals surface area contributed by atoms with Gasteiger partial charge in [-0.1, -0.05) is 42.0 Å². The van der Waals surface area contributed by atoms with Crippen LogP contribution in [0.15, 0.2) is 42.5 Å². The maximum Gasteiger partial charge on any atom is 0.142 e. The van der Waals surface area contributed by atoms with Gasteiger partial charge in [0.15, 0.2) is 0 Å². The highest BCUT2D eigenvalue weighted by molar-refractivity contribution is 5.93. The van der Waals surface area contributed by atoms with E-state index >= 15 is 0 Å². The van der Waals surface area contributed by atoms with E-state index in [4.69, 9.17) is 10.5 Å². The number of nitrogens with two attached hydrogens (primary N) is 1. The molecule has 4 nitrogen and oxygen atoms in total. The van der Waals surface area contributed by atoms with Crippen molar-refractivity contribution in [1.82, 2.24) is 4.98 Å². The number of nitrogen functional groups attached to an aromatic ring is 1. The van der Waals surface area contributed by atoms with Gasteiger partial charge in [0.2, 0.25) is 0 Å². The summed E-state index contributed by atoms with van der Waals surface area (Å²) in [5, 5.41) is 9.79. The number of anilines is 1. The second-order valence-corrected chi connectivity index (χ2v) is 6.34. The molecule has 1 aromatic heterocycles. The second kappa shape index (κ2) is 6.89. The highest BCUT2D eigenvalue weighted by Gasteiger charge is 2.22. The molecule has 0 radical (unpaired) electrons. The fourth-order valence-corrected chi connectivity index (χ4v) is 3.38. The largest absolute Gasteiger partial charge is 0.496 e. The van der Waals surface area contributed by atoms with Gasteiger partial charge in [0.25, 0.3) is 0 Å². The number of aromatic nitrogens is 1. The number of para-hydroxylation sites is 1. The van der Waals surface area contributed by atoms with Crippen LogP contribution in [-0.2, 0) is 0 Å². The number of benzene rings is 2. The second-order valence-electron chi connectivity index (χ2n) is 6.34. The van der Waals surface area contributed by atoms with Crippen molar-refractivity contribution in [1.29, 1.82) is 5.26 Å². The number of aryl methyl sites for hydroxylation is 3. The van der Waals surface area contributed by atoms with Crippen LogP contribution >= 0.6 is 0 Å². The molecule has 1 heterocycles. The lowest BCUT2D eigenvalue weighted by molar-refractivity contribution is 0.416. The summed E-state index contributed by atoms with van der Waals surface area (Å²) in [6.07, 6.45) is 0. The predicted octanol–water partition coefficient (Wildman–Crippen LogP) is 4.80. The Kier molecular flexibility index (Phi) is 4.64. The topological polar surface area (TPSA) is 71.9 Å². The van der Waals surface area contributed by atoms with E-state index < -0.39 is 0 Å². The van der Waals surface area contributed by atoms with E-state index in [1.807, 2.05) is 50.2 Å². The van der Waals surface area contributed by atoms with E-state index in [0.717, 1.165) is 39.3 Å². The van der Waals surface area contributed by atoms with Crippen LogP contribution < -0.4 is 10.5 Å². The van der Waals surface area contributed by atoms with Crippen LogP contribution in [0.3, 0.4) is 0 Å². The molecule has 0 atom stereocenters. The van der Waals surface area contributed by atoms with Crippen molar-refractivity contribution in [2.24, 2.45) is 0 Å². The number of rotatable bonds is 3. The molecule has 0 amide bonds. The van der Waals surface area contributed by atoms with Crippen LogP contribution in [0.5, 0.6) is 5.75 Å². The molecule has 130 valence electrons. The van der Waals surface area contributed by atoms with Gasteiger partial charge < -0.3 is 10.5 Å². The van der Waals surface area contributed by atoms with Gasteiger partial charge in [-0.25, -0.2) is 4.98 Å². The summed E-state index contributed by atoms with van der Waals surface area (Å²) in [4.78, 5) is 4.43. The van der Waals surface area contributed by atoms with Gasteiger partial charge in [-0.3, -0.25) is 0 Å². The molecule has 0 fully saturated rings. The average Bonchev–Trinajstić information content (AvgIpc) is 2.61. The molecule has 0 bridgehead atoms. The Balaban J connectivity index is 2.48. The smallest absolute Gasteiger partial charge is 0.142 e. The molecule has 0 saturated heterocycles. The maximum absolute atomic E-state index is 9.79. The van der Waals surface area contributed by atoms with Gasteiger partial charge in [0.1, 0.15) is 23.2 Å². The Morgan fingerprint density at radius 2 is 1.73 bits per heavy atom. The molecular formula is C22H21N3O. The molecule has 3 aromatic rings. The monoisotopic (exact) mass is 343 g/mol. The summed E-state index contributed by atoms with van der Waals surface area (Å²) in [5.41, 5.74) is 13.1. The van der Waals surface area contributed by atoms with E-state index in [9.17, 15) is 5.26 Å². The summed E-state index contributed by atoms with van der Waals surface area (Å²) in [6, 6.07) is 16.2. The van der Waals surface area contributed by atoms with E-state index in [-0.39, 0.29) is 5.82 Å². The summed E-state index contributed by atoms with van der Waals surface area (Å²) in [6.45, 7) is 6.00. The van der Waals surface area contributed by atoms with Crippen LogP contribution in [0.25, 0.3) is 22.3 Å². The fraction of sp³-hybridized carbons (Fsp3) is 0.182. The first-order valence-electron chi connectivity index (χ1n) is 8.39. The Hall–Kier alpha value is -3.32. The van der Waals surface area contributed by atoms with Crippen molar-refractivity contribution in [3.8, 4) is 34.1 Å². The zero-order valence-corrected chi connectivity index (χ0v) is 15.4. The van der Waals surface area contributed by atoms with Crippen LogP contribution in [0.2, 0.25) is 0 Å². The third-order valence-electron chi connectivity index (χ3n) is 4.55. The number of ether oxygens (including phenoxy) is 1. The number of hydrogen-bond donors (Lipinski definition) is 1. The SMILES string of the molecule is COc1ccccc1-c1c(C)nc(N)c(C#N)c1-c1ccc(C)cc1C. The number of nitriles is 1. The Bertz CT molecular complexity index is 1030. The number of methoxy groups -OCH3 is 1. The first kappa shape index (κ1) is 17.5. The molecule has 4 heteroatoms. The van der Waals surface area contributed by atoms with Crippen LogP contribution in [0.4, 0.5) is 5.82 Å². The average molecular weight is 343 g/mol. The number of pyridine rings is 1. The molecule has 0 aliphatic rings. The molecule has 2 N–H and O–H groups in total. The van der Waals surface area contributed by atoms with Gasteiger partial charge in [-0.2, -0.15) is 5.26 Å². The molecule has 0 saturated carbocycles. The molecule has 0 aliphatic carbocycles. The molecule has 26 heavy (non-hydrogen) atoms. The third-order valence-corrected chi connectivity index (χ3v) is 4.55. The van der Waals surface area contributed by atoms with E-state index in [2.05, 4.69) is 24.0 Å². The fourth-order valence-electron chi connectivity index (χ4n) is 3.38. The normalized spacial score (nSPS) is 10.4. The first-order valence-corrected chi connectivity index (χ1v) is 8.39. The van der Waals surface area contributed by atoms with Crippen molar-refractivity contribution < 1.29 is 4.74 Å². The molecular weight excluding hydrogens is 322 g/mol. The third kappa shape index (κ3) is 2.89. The molecule has 2 aromatic carbocycles. The van der Waals surface area contributed by atoms with Crippen LogP contribution in [0.1, 0.15) is 22.4 Å². The highest BCUT2D eigenvalue weighted by Crippen LogP contribution is 2.43. The number of hydrogen-bond acceptors (Lipinski definition) is 4. The van der Waals surface area contributed by atoms with Gasteiger partial charge in [-0.15, -0.1) is 0 Å². The standard InChI is InChI=1S/C22H21N3O/c1-13-9-10-16(14(2)11-13)21-18(12-23)22(24)25-15(3)20(21)17-7-5-6-8-19(17)26-4/h5-11H,1-4H3,(H2,24,25). The Morgan fingerprint density at radius 3 is 2.38 bits per heavy atom. The van der Waals surface area contributed by atoms with Gasteiger partial charge in [0.05, 0.1) is 7.11 Å². The van der Waals surface area contributed by atoms with Crippen LogP contribution in [0, 0.1) is 32.1 Å². The zero-order valence-electron chi connectivity index (χ0n) is 15.4. The van der Waals surface area contributed by atoms with E-state index in [0.29, 0.717) is 5.56 Å². The summed E-state index contributed by atoms with van der Waals surface area (Å²) in [5.74, 6) is 0.982. The lowest BCUT2D eigenvalue weighted by Crippen LogP contribution is -2.04. The quantitative estimate of drug-likeness (QED) is 0.741. The maximum atomic E-state index is 9.79. The van der Waals surface area contributed by atoms with Crippen molar-refractivity contribution in [3.05, 3.63) is 64.8 Å². The summed E-state index contributed by atoms with van der Waals surface area (Å²) in [7, 11) is 1.64. The summed E-state index contributed by atoms with van der Waals surface area (Å²) >= 11 is 0.